The van der Waals surface area contributed by atoms with Crippen LogP contribution < -0.4 is 5.73 Å². The minimum Gasteiger partial charge on any atom is -0.462 e. The molecule has 2 aromatic rings. The molecule has 126 valence electrons. The zero-order chi connectivity index (χ0) is 16.8. The number of hydrogen-bond acceptors (Lipinski definition) is 5. The van der Waals surface area contributed by atoms with Crippen molar-refractivity contribution in [3.05, 3.63) is 29.6 Å². The van der Waals surface area contributed by atoms with Crippen LogP contribution >= 0.6 is 0 Å². The highest BCUT2D eigenvalue weighted by Crippen LogP contribution is 2.27. The molecule has 2 aromatic heterocycles. The molecule has 3 rings (SSSR count). The first kappa shape index (κ1) is 17.3. The summed E-state index contributed by atoms with van der Waals surface area (Å²) >= 11 is 0. The molecule has 2 N–H and O–H groups in total. The number of aromatic nitrogens is 2. The lowest BCUT2D eigenvalue weighted by atomic mass is 9.97. The number of carbonyl (C=O) groups excluding carboxylic acids is 1. The quantitative estimate of drug-likeness (QED) is 0.880. The highest BCUT2D eigenvalue weighted by molar-refractivity contribution is 5.95. The topological polar surface area (TPSA) is 78.8 Å². The van der Waals surface area contributed by atoms with E-state index in [-0.39, 0.29) is 0 Å². The van der Waals surface area contributed by atoms with Gasteiger partial charge in [-0.05, 0) is 31.9 Å². The number of pyridine rings is 1. The lowest BCUT2D eigenvalue weighted by Gasteiger charge is -2.19. The molecule has 0 unspecified atom stereocenters. The number of nitrogens with zero attached hydrogens (tertiary/aromatic N) is 2. The maximum absolute atomic E-state index is 11.9. The van der Waals surface area contributed by atoms with E-state index in [0.717, 1.165) is 37.3 Å². The summed E-state index contributed by atoms with van der Waals surface area (Å²) in [6.07, 6.45) is 3.60. The van der Waals surface area contributed by atoms with Crippen molar-refractivity contribution in [1.82, 2.24) is 9.61 Å². The zero-order valence-corrected chi connectivity index (χ0v) is 14.0. The molecule has 0 aromatic carbocycles. The molecule has 6 nitrogen and oxygen atoms in total. The van der Waals surface area contributed by atoms with Gasteiger partial charge in [0.2, 0.25) is 0 Å². The average Bonchev–Trinajstić information content (AvgIpc) is 3.00. The summed E-state index contributed by atoms with van der Waals surface area (Å²) in [6.45, 7) is 7.63. The Hall–Kier alpha value is -2.08. The summed E-state index contributed by atoms with van der Waals surface area (Å²) in [5.41, 5.74) is 8.63. The molecule has 23 heavy (non-hydrogen) atoms. The molecule has 1 aliphatic rings. The molecule has 0 aliphatic carbocycles. The van der Waals surface area contributed by atoms with Gasteiger partial charge < -0.3 is 15.2 Å². The van der Waals surface area contributed by atoms with Crippen LogP contribution in [0.4, 0.5) is 5.69 Å². The summed E-state index contributed by atoms with van der Waals surface area (Å²) in [5.74, 6) is -0.00839. The summed E-state index contributed by atoms with van der Waals surface area (Å²) in [6, 6.07) is 3.80. The van der Waals surface area contributed by atoms with Crippen LogP contribution in [0.3, 0.4) is 0 Å². The second kappa shape index (κ2) is 7.97. The van der Waals surface area contributed by atoms with E-state index < -0.39 is 5.97 Å². The van der Waals surface area contributed by atoms with Gasteiger partial charge in [-0.15, -0.1) is 0 Å². The smallest absolute Gasteiger partial charge is 0.341 e. The monoisotopic (exact) mass is 319 g/mol. The highest BCUT2D eigenvalue weighted by Gasteiger charge is 2.20. The standard InChI is InChI=1S/C15H19N3O3.C2H6/c1-2-21-15(19)12-9-18-11(7-13(12)16)8-14(17-18)10-3-5-20-6-4-10;1-2/h7-10H,2-6,16H2,1H3;1-2H3. The third-order valence-electron chi connectivity index (χ3n) is 3.78. The number of rotatable bonds is 3. The second-order valence-electron chi connectivity index (χ2n) is 5.19. The maximum atomic E-state index is 11.9. The molecule has 0 bridgehead atoms. The first-order chi connectivity index (χ1) is 11.2. The molecular weight excluding hydrogens is 294 g/mol. The zero-order valence-electron chi connectivity index (χ0n) is 14.0. The Balaban J connectivity index is 0.000000924. The number of anilines is 1. The SMILES string of the molecule is CC.CCOC(=O)c1cn2nc(C3CCOCC3)cc2cc1N. The second-order valence-corrected chi connectivity index (χ2v) is 5.19. The van der Waals surface area contributed by atoms with Crippen LogP contribution in [0, 0.1) is 0 Å². The fourth-order valence-corrected chi connectivity index (χ4v) is 2.65. The highest BCUT2D eigenvalue weighted by atomic mass is 16.5. The number of fused-ring (bicyclic) bond motifs is 1. The number of carbonyl (C=O) groups is 1. The van der Waals surface area contributed by atoms with Gasteiger partial charge in [0.05, 0.1) is 17.8 Å². The molecule has 0 spiro atoms. The predicted molar refractivity (Wildman–Crippen MR) is 89.7 cm³/mol. The van der Waals surface area contributed by atoms with Crippen LogP contribution in [-0.2, 0) is 9.47 Å². The van der Waals surface area contributed by atoms with E-state index in [2.05, 4.69) is 5.10 Å². The van der Waals surface area contributed by atoms with E-state index in [1.165, 1.54) is 0 Å². The molecule has 1 aliphatic heterocycles. The van der Waals surface area contributed by atoms with E-state index in [1.807, 2.05) is 19.9 Å². The number of hydrogen-bond donors (Lipinski definition) is 1. The summed E-state index contributed by atoms with van der Waals surface area (Å²) in [5, 5.41) is 4.58. The Morgan fingerprint density at radius 1 is 1.39 bits per heavy atom. The van der Waals surface area contributed by atoms with E-state index in [1.54, 1.807) is 23.7 Å². The Labute approximate surface area is 136 Å². The average molecular weight is 319 g/mol. The van der Waals surface area contributed by atoms with Gasteiger partial charge >= 0.3 is 5.97 Å². The van der Waals surface area contributed by atoms with Gasteiger partial charge in [-0.25, -0.2) is 9.31 Å². The molecule has 0 amide bonds. The Morgan fingerprint density at radius 2 is 2.09 bits per heavy atom. The van der Waals surface area contributed by atoms with Crippen molar-refractivity contribution >= 4 is 17.2 Å². The first-order valence-electron chi connectivity index (χ1n) is 8.22. The van der Waals surface area contributed by atoms with E-state index in [0.29, 0.717) is 23.8 Å². The van der Waals surface area contributed by atoms with Gasteiger partial charge in [0.25, 0.3) is 0 Å². The van der Waals surface area contributed by atoms with Crippen molar-refractivity contribution < 1.29 is 14.3 Å². The van der Waals surface area contributed by atoms with Crippen molar-refractivity contribution in [1.29, 1.82) is 0 Å². The fourth-order valence-electron chi connectivity index (χ4n) is 2.65. The van der Waals surface area contributed by atoms with Crippen LogP contribution in [-0.4, -0.2) is 35.4 Å². The molecule has 0 saturated carbocycles. The lowest BCUT2D eigenvalue weighted by Crippen LogP contribution is -2.14. The molecule has 0 radical (unpaired) electrons. The van der Waals surface area contributed by atoms with Gasteiger partial charge in [0, 0.05) is 31.0 Å². The summed E-state index contributed by atoms with van der Waals surface area (Å²) in [4.78, 5) is 11.9. The van der Waals surface area contributed by atoms with Crippen LogP contribution in [0.25, 0.3) is 5.52 Å². The minimum absolute atomic E-state index is 0.322. The molecule has 1 saturated heterocycles. The first-order valence-corrected chi connectivity index (χ1v) is 8.22. The van der Waals surface area contributed by atoms with Gasteiger partial charge in [0.1, 0.15) is 5.56 Å². The third-order valence-corrected chi connectivity index (χ3v) is 3.78. The van der Waals surface area contributed by atoms with E-state index >= 15 is 0 Å². The van der Waals surface area contributed by atoms with Gasteiger partial charge in [-0.2, -0.15) is 5.10 Å². The summed E-state index contributed by atoms with van der Waals surface area (Å²) < 4.78 is 12.1. The van der Waals surface area contributed by atoms with Crippen LogP contribution in [0.15, 0.2) is 18.3 Å². The van der Waals surface area contributed by atoms with Gasteiger partial charge in [-0.3, -0.25) is 0 Å². The Bertz CT molecular complexity index is 660. The number of nitrogens with two attached hydrogens (primary N) is 1. The number of nitrogen functional groups attached to an aromatic ring is 1. The Kier molecular flexibility index (Phi) is 5.98. The molecule has 0 atom stereocenters. The molecular formula is C17H25N3O3. The van der Waals surface area contributed by atoms with E-state index in [9.17, 15) is 4.79 Å². The van der Waals surface area contributed by atoms with Crippen molar-refractivity contribution in [2.75, 3.05) is 25.6 Å². The third kappa shape index (κ3) is 3.82. The largest absolute Gasteiger partial charge is 0.462 e. The van der Waals surface area contributed by atoms with Crippen LogP contribution in [0.1, 0.15) is 55.6 Å². The minimum atomic E-state index is -0.417. The van der Waals surface area contributed by atoms with Crippen LogP contribution in [0.5, 0.6) is 0 Å². The maximum Gasteiger partial charge on any atom is 0.341 e. The van der Waals surface area contributed by atoms with Crippen LogP contribution in [0.2, 0.25) is 0 Å². The molecule has 3 heterocycles. The normalized spacial score (nSPS) is 15.1. The molecule has 1 fully saturated rings. The van der Waals surface area contributed by atoms with Crippen molar-refractivity contribution in [2.45, 2.75) is 39.5 Å². The number of ether oxygens (including phenoxy) is 2. The predicted octanol–water partition coefficient (Wildman–Crippen LogP) is 3.01. The van der Waals surface area contributed by atoms with Crippen molar-refractivity contribution in [2.24, 2.45) is 0 Å². The van der Waals surface area contributed by atoms with Crippen molar-refractivity contribution in [3.63, 3.8) is 0 Å². The van der Waals surface area contributed by atoms with Gasteiger partial charge in [0.15, 0.2) is 0 Å². The summed E-state index contributed by atoms with van der Waals surface area (Å²) in [7, 11) is 0. The fraction of sp³-hybridized carbons (Fsp3) is 0.529. The van der Waals surface area contributed by atoms with Gasteiger partial charge in [-0.1, -0.05) is 13.8 Å². The van der Waals surface area contributed by atoms with Crippen molar-refractivity contribution in [3.8, 4) is 0 Å². The lowest BCUT2D eigenvalue weighted by molar-refractivity contribution is 0.0527. The molecule has 6 heteroatoms. The number of esters is 1. The Morgan fingerprint density at radius 3 is 2.74 bits per heavy atom. The van der Waals surface area contributed by atoms with E-state index in [4.69, 9.17) is 15.2 Å².